The van der Waals surface area contributed by atoms with Gasteiger partial charge in [0.25, 0.3) is 0 Å². The molecule has 0 aliphatic carbocycles. The van der Waals surface area contributed by atoms with E-state index < -0.39 is 0 Å². The van der Waals surface area contributed by atoms with E-state index in [-0.39, 0.29) is 30.2 Å². The maximum atomic E-state index is 3.60. The van der Waals surface area contributed by atoms with Gasteiger partial charge in [-0.1, -0.05) is 53.4 Å². The molecule has 0 saturated carbocycles. The Labute approximate surface area is 83.6 Å². The fourth-order valence-electron chi connectivity index (χ4n) is 0. The van der Waals surface area contributed by atoms with Crippen LogP contribution in [0, 0.1) is 13.8 Å². The third-order valence-corrected chi connectivity index (χ3v) is 0.707. The van der Waals surface area contributed by atoms with Crippen LogP contribution in [-0.2, 0) is 0 Å². The second-order valence-corrected chi connectivity index (χ2v) is 1.71. The zero-order chi connectivity index (χ0) is 6.83. The van der Waals surface area contributed by atoms with Crippen molar-refractivity contribution in [3.63, 3.8) is 0 Å². The van der Waals surface area contributed by atoms with E-state index in [1.165, 1.54) is 12.8 Å². The summed E-state index contributed by atoms with van der Waals surface area (Å²) in [5.74, 6) is 0. The van der Waals surface area contributed by atoms with Gasteiger partial charge in [-0.15, -0.1) is 0 Å². The van der Waals surface area contributed by atoms with Crippen molar-refractivity contribution in [2.24, 2.45) is 0 Å². The molecule has 2 radical (unpaired) electrons. The number of unbranched alkanes of at least 4 members (excludes halogenated alkanes) is 2. The van der Waals surface area contributed by atoms with E-state index in [0.29, 0.717) is 0 Å². The van der Waals surface area contributed by atoms with Crippen LogP contribution in [0.5, 0.6) is 0 Å². The van der Waals surface area contributed by atoms with Crippen LogP contribution in [0.1, 0.15) is 42.4 Å². The van der Waals surface area contributed by atoms with Crippen LogP contribution in [0.15, 0.2) is 0 Å². The molecule has 0 unspecified atom stereocenters. The van der Waals surface area contributed by atoms with Crippen molar-refractivity contribution < 1.29 is 2.85 Å². The second-order valence-electron chi connectivity index (χ2n) is 1.71. The van der Waals surface area contributed by atoms with E-state index in [1.807, 2.05) is 0 Å². The standard InChI is InChI=1S/2C4H9.Tl.2H2/c2*1-3-4-2;;;/h2*1,3-4H2,2H3;;2*1H/q;;+1;;. The fraction of sp³-hybridized carbons (Fsp3) is 0.750. The second kappa shape index (κ2) is 23.1. The minimum Gasteiger partial charge on any atom is -0.0654 e. The molecule has 0 aromatic carbocycles. The average molecular weight is 323 g/mol. The van der Waals surface area contributed by atoms with Gasteiger partial charge >= 0.3 is 27.3 Å². The molecule has 0 saturated heterocycles. The zero-order valence-corrected chi connectivity index (χ0v) is 11.3. The molecule has 0 heterocycles. The Bertz CT molecular complexity index is 20.1. The van der Waals surface area contributed by atoms with Crippen LogP contribution < -0.4 is 0 Å². The predicted octanol–water partition coefficient (Wildman–Crippen LogP) is 3.35. The minimum atomic E-state index is 0. The van der Waals surface area contributed by atoms with E-state index >= 15 is 0 Å². The molecule has 1 heteroatoms. The molecular weight excluding hydrogens is 300 g/mol. The summed E-state index contributed by atoms with van der Waals surface area (Å²) in [6, 6.07) is 0. The first-order valence-electron chi connectivity index (χ1n) is 3.41. The molecule has 0 bridgehead atoms. The molecule has 0 rings (SSSR count). The smallest absolute Gasteiger partial charge is 0.0654 e. The van der Waals surface area contributed by atoms with E-state index in [1.54, 1.807) is 0 Å². The minimum absolute atomic E-state index is 0. The fourth-order valence-corrected chi connectivity index (χ4v) is 0. The summed E-state index contributed by atoms with van der Waals surface area (Å²) < 4.78 is 0. The molecule has 0 atom stereocenters. The van der Waals surface area contributed by atoms with E-state index in [2.05, 4.69) is 27.7 Å². The van der Waals surface area contributed by atoms with Gasteiger partial charge in [0.05, 0.1) is 0 Å². The summed E-state index contributed by atoms with van der Waals surface area (Å²) in [6.07, 6.45) is 4.56. The quantitative estimate of drug-likeness (QED) is 0.684. The molecule has 0 aromatic rings. The number of hydrogen-bond acceptors (Lipinski definition) is 0. The molecule has 0 N–H and O–H groups in total. The van der Waals surface area contributed by atoms with Crippen molar-refractivity contribution in [3.05, 3.63) is 13.8 Å². The molecule has 56 valence electrons. The monoisotopic (exact) mass is 323 g/mol. The maximum Gasteiger partial charge on any atom is 1.00 e. The van der Waals surface area contributed by atoms with Crippen molar-refractivity contribution >= 4 is 27.3 Å². The zero-order valence-electron chi connectivity index (χ0n) is 6.82. The molecule has 0 aliphatic heterocycles. The molecular formula is C8H22Tl+. The Balaban J connectivity index is -0.0000000171. The van der Waals surface area contributed by atoms with E-state index in [4.69, 9.17) is 0 Å². The third kappa shape index (κ3) is 50.1. The van der Waals surface area contributed by atoms with Gasteiger partial charge in [-0.3, -0.25) is 0 Å². The number of hydrogen-bond donors (Lipinski definition) is 0. The van der Waals surface area contributed by atoms with Gasteiger partial charge in [0.15, 0.2) is 0 Å². The number of rotatable bonds is 2. The summed E-state index contributed by atoms with van der Waals surface area (Å²) in [5.41, 5.74) is 0. The Hall–Kier alpha value is 0.922. The summed E-state index contributed by atoms with van der Waals surface area (Å²) in [5, 5.41) is 0. The molecule has 0 spiro atoms. The molecule has 0 fully saturated rings. The van der Waals surface area contributed by atoms with Gasteiger partial charge < -0.3 is 0 Å². The average Bonchev–Trinajstić information content (AvgIpc) is 1.88. The van der Waals surface area contributed by atoms with Crippen molar-refractivity contribution in [3.8, 4) is 0 Å². The largest absolute Gasteiger partial charge is 1.00 e. The Morgan fingerprint density at radius 2 is 1.11 bits per heavy atom. The first kappa shape index (κ1) is 16.5. The Kier molecular flexibility index (Phi) is 42.3. The van der Waals surface area contributed by atoms with Crippen LogP contribution in [-0.4, -0.2) is 27.3 Å². The molecule has 0 amide bonds. The van der Waals surface area contributed by atoms with Gasteiger partial charge in [0.1, 0.15) is 0 Å². The van der Waals surface area contributed by atoms with E-state index in [0.717, 1.165) is 12.8 Å². The van der Waals surface area contributed by atoms with Crippen molar-refractivity contribution in [1.29, 1.82) is 0 Å². The summed E-state index contributed by atoms with van der Waals surface area (Å²) in [7, 11) is 0. The van der Waals surface area contributed by atoms with Crippen LogP contribution in [0.4, 0.5) is 0 Å². The topological polar surface area (TPSA) is 0 Å². The first-order chi connectivity index (χ1) is 3.83. The van der Waals surface area contributed by atoms with Crippen LogP contribution in [0.25, 0.3) is 0 Å². The van der Waals surface area contributed by atoms with Gasteiger partial charge in [-0.05, 0) is 0 Å². The summed E-state index contributed by atoms with van der Waals surface area (Å²) >= 11 is 0. The Morgan fingerprint density at radius 3 is 1.11 bits per heavy atom. The van der Waals surface area contributed by atoms with Crippen molar-refractivity contribution in [2.75, 3.05) is 0 Å². The SMILES string of the molecule is [CH2]CCC.[CH2]CCC.[HH].[HH].[Tl+]. The van der Waals surface area contributed by atoms with Gasteiger partial charge in [-0.2, -0.15) is 0 Å². The van der Waals surface area contributed by atoms with E-state index in [9.17, 15) is 0 Å². The summed E-state index contributed by atoms with van der Waals surface area (Å²) in [6.45, 7) is 11.4. The van der Waals surface area contributed by atoms with Crippen molar-refractivity contribution in [2.45, 2.75) is 39.5 Å². The van der Waals surface area contributed by atoms with Gasteiger partial charge in [0.2, 0.25) is 0 Å². The molecule has 0 aliphatic rings. The van der Waals surface area contributed by atoms with Crippen LogP contribution >= 0.6 is 0 Å². The van der Waals surface area contributed by atoms with Crippen LogP contribution in [0.2, 0.25) is 0 Å². The maximum absolute atomic E-state index is 3.60. The predicted molar refractivity (Wildman–Crippen MR) is 50.5 cm³/mol. The normalized spacial score (nSPS) is 6.67. The molecule has 9 heavy (non-hydrogen) atoms. The van der Waals surface area contributed by atoms with Crippen LogP contribution in [0.3, 0.4) is 0 Å². The third-order valence-electron chi connectivity index (χ3n) is 0.707. The van der Waals surface area contributed by atoms with Gasteiger partial charge in [-0.25, -0.2) is 0 Å². The molecule has 0 aromatic heterocycles. The van der Waals surface area contributed by atoms with Crippen molar-refractivity contribution in [1.82, 2.24) is 0 Å². The first-order valence-corrected chi connectivity index (χ1v) is 3.41. The summed E-state index contributed by atoms with van der Waals surface area (Å²) in [4.78, 5) is 0. The molecule has 0 nitrogen and oxygen atoms in total. The van der Waals surface area contributed by atoms with Gasteiger partial charge in [0, 0.05) is 2.85 Å². The Morgan fingerprint density at radius 1 is 1.00 bits per heavy atom.